The second-order valence-electron chi connectivity index (χ2n) is 5.30. The van der Waals surface area contributed by atoms with Crippen molar-refractivity contribution in [2.45, 2.75) is 32.7 Å². The number of hydrogen-bond acceptors (Lipinski definition) is 3. The maximum atomic E-state index is 11.8. The fraction of sp³-hybridized carbons (Fsp3) is 0.533. The lowest BCUT2D eigenvalue weighted by atomic mass is 10.1. The summed E-state index contributed by atoms with van der Waals surface area (Å²) in [6, 6.07) is 9.76. The number of amides is 1. The summed E-state index contributed by atoms with van der Waals surface area (Å²) in [6.07, 6.45) is 2.12. The summed E-state index contributed by atoms with van der Waals surface area (Å²) in [5.74, 6) is -0.125. The normalized spacial score (nSPS) is 11.9. The molecule has 0 aliphatic rings. The van der Waals surface area contributed by atoms with Crippen LogP contribution in [0.5, 0.6) is 0 Å². The molecular formula is C15H24N2O3S. The van der Waals surface area contributed by atoms with Crippen molar-refractivity contribution in [1.29, 1.82) is 0 Å². The monoisotopic (exact) mass is 312 g/mol. The quantitative estimate of drug-likeness (QED) is 0.789. The van der Waals surface area contributed by atoms with Crippen LogP contribution >= 0.6 is 0 Å². The van der Waals surface area contributed by atoms with Gasteiger partial charge >= 0.3 is 0 Å². The Hall–Kier alpha value is -1.40. The molecule has 1 N–H and O–H groups in total. The van der Waals surface area contributed by atoms with Gasteiger partial charge < -0.3 is 5.32 Å². The molecule has 1 rings (SSSR count). The molecule has 0 aromatic heterocycles. The lowest BCUT2D eigenvalue weighted by molar-refractivity contribution is -0.121. The molecule has 1 amide bonds. The molecular weight excluding hydrogens is 288 g/mol. The molecule has 0 saturated carbocycles. The first-order chi connectivity index (χ1) is 9.80. The second-order valence-corrected chi connectivity index (χ2v) is 7.24. The molecule has 0 spiro atoms. The van der Waals surface area contributed by atoms with Crippen LogP contribution in [0.2, 0.25) is 0 Å². The molecule has 0 unspecified atom stereocenters. The molecule has 0 heterocycles. The first-order valence-electron chi connectivity index (χ1n) is 7.08. The van der Waals surface area contributed by atoms with Gasteiger partial charge in [0.2, 0.25) is 15.9 Å². The van der Waals surface area contributed by atoms with E-state index in [2.05, 4.69) is 5.32 Å². The van der Waals surface area contributed by atoms with Crippen molar-refractivity contribution in [3.63, 3.8) is 0 Å². The Balaban J connectivity index is 2.34. The van der Waals surface area contributed by atoms with Crippen molar-refractivity contribution in [2.75, 3.05) is 19.3 Å². The SMILES string of the molecule is CC(C)N(CCC(=O)NCCc1ccccc1)S(C)(=O)=O. The minimum absolute atomic E-state index is 0.125. The minimum Gasteiger partial charge on any atom is -0.356 e. The summed E-state index contributed by atoms with van der Waals surface area (Å²) >= 11 is 0. The van der Waals surface area contributed by atoms with Crippen molar-refractivity contribution in [3.8, 4) is 0 Å². The highest BCUT2D eigenvalue weighted by Crippen LogP contribution is 2.06. The summed E-state index contributed by atoms with van der Waals surface area (Å²) < 4.78 is 24.5. The number of nitrogens with zero attached hydrogens (tertiary/aromatic N) is 1. The Morgan fingerprint density at radius 3 is 2.38 bits per heavy atom. The molecule has 5 nitrogen and oxygen atoms in total. The summed E-state index contributed by atoms with van der Waals surface area (Å²) in [4.78, 5) is 11.8. The van der Waals surface area contributed by atoms with Crippen molar-refractivity contribution >= 4 is 15.9 Å². The smallest absolute Gasteiger partial charge is 0.221 e. The molecule has 118 valence electrons. The Labute approximate surface area is 127 Å². The van der Waals surface area contributed by atoms with Crippen molar-refractivity contribution in [2.24, 2.45) is 0 Å². The predicted octanol–water partition coefficient (Wildman–Crippen LogP) is 1.41. The Kier molecular flexibility index (Phi) is 6.84. The Morgan fingerprint density at radius 2 is 1.86 bits per heavy atom. The topological polar surface area (TPSA) is 66.5 Å². The Morgan fingerprint density at radius 1 is 1.24 bits per heavy atom. The Bertz CT molecular complexity index is 541. The molecule has 1 aromatic rings. The van der Waals surface area contributed by atoms with Crippen LogP contribution in [0.1, 0.15) is 25.8 Å². The average Bonchev–Trinajstić information content (AvgIpc) is 2.38. The minimum atomic E-state index is -3.27. The van der Waals surface area contributed by atoms with Crippen LogP contribution in [-0.4, -0.2) is 44.0 Å². The molecule has 0 saturated heterocycles. The zero-order chi connectivity index (χ0) is 15.9. The first kappa shape index (κ1) is 17.7. The van der Waals surface area contributed by atoms with E-state index >= 15 is 0 Å². The fourth-order valence-electron chi connectivity index (χ4n) is 2.10. The van der Waals surface area contributed by atoms with E-state index in [9.17, 15) is 13.2 Å². The maximum Gasteiger partial charge on any atom is 0.221 e. The van der Waals surface area contributed by atoms with Crippen molar-refractivity contribution in [3.05, 3.63) is 35.9 Å². The van der Waals surface area contributed by atoms with E-state index in [1.54, 1.807) is 13.8 Å². The van der Waals surface area contributed by atoms with Gasteiger partial charge in [0.05, 0.1) is 6.26 Å². The number of rotatable bonds is 8. The number of hydrogen-bond donors (Lipinski definition) is 1. The molecule has 0 aliphatic carbocycles. The van der Waals surface area contributed by atoms with Gasteiger partial charge in [0, 0.05) is 25.6 Å². The van der Waals surface area contributed by atoms with Crippen LogP contribution in [-0.2, 0) is 21.2 Å². The molecule has 0 radical (unpaired) electrons. The predicted molar refractivity (Wildman–Crippen MR) is 84.5 cm³/mol. The molecule has 0 atom stereocenters. The van der Waals surface area contributed by atoms with E-state index in [1.807, 2.05) is 30.3 Å². The number of sulfonamides is 1. The molecule has 1 aromatic carbocycles. The van der Waals surface area contributed by atoms with Gasteiger partial charge in [-0.1, -0.05) is 30.3 Å². The van der Waals surface area contributed by atoms with Gasteiger partial charge in [0.25, 0.3) is 0 Å². The van der Waals surface area contributed by atoms with E-state index in [0.29, 0.717) is 6.54 Å². The van der Waals surface area contributed by atoms with Crippen LogP contribution in [0.3, 0.4) is 0 Å². The summed E-state index contributed by atoms with van der Waals surface area (Å²) in [5.41, 5.74) is 1.16. The number of carbonyl (C=O) groups excluding carboxylic acids is 1. The summed E-state index contributed by atoms with van der Waals surface area (Å²) in [7, 11) is -3.27. The van der Waals surface area contributed by atoms with E-state index in [1.165, 1.54) is 10.6 Å². The molecule has 21 heavy (non-hydrogen) atoms. The zero-order valence-corrected chi connectivity index (χ0v) is 13.7. The number of benzene rings is 1. The highest BCUT2D eigenvalue weighted by Gasteiger charge is 2.20. The van der Waals surface area contributed by atoms with Gasteiger partial charge in [-0.15, -0.1) is 0 Å². The molecule has 0 bridgehead atoms. The van der Waals surface area contributed by atoms with Crippen molar-refractivity contribution in [1.82, 2.24) is 9.62 Å². The van der Waals surface area contributed by atoms with Gasteiger partial charge in [-0.05, 0) is 25.8 Å². The molecule has 6 heteroatoms. The first-order valence-corrected chi connectivity index (χ1v) is 8.93. The third-order valence-electron chi connectivity index (χ3n) is 3.14. The third kappa shape index (κ3) is 6.73. The van der Waals surface area contributed by atoms with Gasteiger partial charge in [-0.25, -0.2) is 8.42 Å². The average molecular weight is 312 g/mol. The van der Waals surface area contributed by atoms with Gasteiger partial charge in [0.15, 0.2) is 0 Å². The van der Waals surface area contributed by atoms with Crippen LogP contribution < -0.4 is 5.32 Å². The van der Waals surface area contributed by atoms with E-state index < -0.39 is 10.0 Å². The molecule has 0 aliphatic heterocycles. The van der Waals surface area contributed by atoms with Gasteiger partial charge in [-0.3, -0.25) is 4.79 Å². The third-order valence-corrected chi connectivity index (χ3v) is 4.60. The number of carbonyl (C=O) groups is 1. The van der Waals surface area contributed by atoms with Crippen LogP contribution in [0.4, 0.5) is 0 Å². The zero-order valence-electron chi connectivity index (χ0n) is 12.9. The largest absolute Gasteiger partial charge is 0.356 e. The second kappa shape index (κ2) is 8.14. The van der Waals surface area contributed by atoms with Crippen molar-refractivity contribution < 1.29 is 13.2 Å². The van der Waals surface area contributed by atoms with E-state index in [4.69, 9.17) is 0 Å². The standard InChI is InChI=1S/C15H24N2O3S/c1-13(2)17(21(3,19)20)12-10-15(18)16-11-9-14-7-5-4-6-8-14/h4-8,13H,9-12H2,1-3H3,(H,16,18). The summed E-state index contributed by atoms with van der Waals surface area (Å²) in [5, 5.41) is 2.82. The maximum absolute atomic E-state index is 11.8. The van der Waals surface area contributed by atoms with Crippen LogP contribution in [0, 0.1) is 0 Å². The van der Waals surface area contributed by atoms with Crippen LogP contribution in [0.25, 0.3) is 0 Å². The van der Waals surface area contributed by atoms with Gasteiger partial charge in [0.1, 0.15) is 0 Å². The highest BCUT2D eigenvalue weighted by atomic mass is 32.2. The molecule has 0 fully saturated rings. The van der Waals surface area contributed by atoms with Gasteiger partial charge in [-0.2, -0.15) is 4.31 Å². The lowest BCUT2D eigenvalue weighted by Gasteiger charge is -2.23. The van der Waals surface area contributed by atoms with E-state index in [-0.39, 0.29) is 24.9 Å². The summed E-state index contributed by atoms with van der Waals surface area (Å²) in [6.45, 7) is 4.37. The number of nitrogens with one attached hydrogen (secondary N) is 1. The van der Waals surface area contributed by atoms with E-state index in [0.717, 1.165) is 12.0 Å². The fourth-order valence-corrected chi connectivity index (χ4v) is 3.29. The van der Waals surface area contributed by atoms with Crippen LogP contribution in [0.15, 0.2) is 30.3 Å². The lowest BCUT2D eigenvalue weighted by Crippen LogP contribution is -2.39. The highest BCUT2D eigenvalue weighted by molar-refractivity contribution is 7.88.